The molecule has 0 aliphatic rings. The summed E-state index contributed by atoms with van der Waals surface area (Å²) in [5, 5.41) is 0. The van der Waals surface area contributed by atoms with E-state index in [-0.39, 0.29) is 11.6 Å². The summed E-state index contributed by atoms with van der Waals surface area (Å²) in [7, 11) is 1.55. The lowest BCUT2D eigenvalue weighted by Crippen LogP contribution is -2.02. The molecule has 0 saturated heterocycles. The van der Waals surface area contributed by atoms with Crippen LogP contribution in [0.1, 0.15) is 43.1 Å². The van der Waals surface area contributed by atoms with Crippen molar-refractivity contribution in [2.75, 3.05) is 26.1 Å². The molecule has 0 heterocycles. The fourth-order valence-corrected chi connectivity index (χ4v) is 3.48. The Morgan fingerprint density at radius 2 is 1.87 bits per heavy atom. The topological polar surface area (TPSA) is 61.8 Å². The molecule has 6 heteroatoms. The minimum Gasteiger partial charge on any atom is -0.496 e. The lowest BCUT2D eigenvalue weighted by molar-refractivity contribution is -0.114. The molecule has 0 spiro atoms. The third kappa shape index (κ3) is 6.66. The number of ether oxygens (including phenoxy) is 3. The minimum absolute atomic E-state index is 0.0838. The number of carbonyl (C=O) groups excluding carboxylic acids is 2. The third-order valence-corrected chi connectivity index (χ3v) is 5.25. The number of thioether (sulfide) groups is 1. The molecule has 0 N–H and O–H groups in total. The molecule has 0 radical (unpaired) electrons. The van der Waals surface area contributed by atoms with Crippen LogP contribution in [0.2, 0.25) is 0 Å². The summed E-state index contributed by atoms with van der Waals surface area (Å²) < 4.78 is 16.9. The normalized spacial score (nSPS) is 10.8. The molecule has 2 aromatic rings. The fourth-order valence-electron chi connectivity index (χ4n) is 2.67. The van der Waals surface area contributed by atoms with Crippen LogP contribution >= 0.6 is 11.8 Å². The lowest BCUT2D eigenvalue weighted by atomic mass is 10.1. The van der Waals surface area contributed by atoms with Gasteiger partial charge >= 0.3 is 0 Å². The van der Waals surface area contributed by atoms with Crippen LogP contribution in [0.3, 0.4) is 0 Å². The molecule has 0 aliphatic heterocycles. The first-order valence-corrected chi connectivity index (χ1v) is 10.9. The number of methoxy groups -OCH3 is 1. The molecule has 0 fully saturated rings. The Kier molecular flexibility index (Phi) is 9.48. The van der Waals surface area contributed by atoms with Gasteiger partial charge in [-0.05, 0) is 56.7 Å². The molecular formula is C24H28O5S. The van der Waals surface area contributed by atoms with E-state index in [4.69, 9.17) is 14.2 Å². The molecule has 0 aliphatic carbocycles. The Hall–Kier alpha value is -2.73. The fraction of sp³-hybridized carbons (Fsp3) is 0.333. The van der Waals surface area contributed by atoms with Crippen molar-refractivity contribution < 1.29 is 23.8 Å². The van der Waals surface area contributed by atoms with Gasteiger partial charge in [0.25, 0.3) is 0 Å². The van der Waals surface area contributed by atoms with Gasteiger partial charge in [-0.15, -0.1) is 11.8 Å². The van der Waals surface area contributed by atoms with Crippen LogP contribution in [0, 0.1) is 0 Å². The number of allylic oxidation sites excluding steroid dienone is 1. The molecule has 0 bridgehead atoms. The van der Waals surface area contributed by atoms with Gasteiger partial charge in [-0.2, -0.15) is 0 Å². The maximum Gasteiger partial charge on any atom is 0.185 e. The van der Waals surface area contributed by atoms with Crippen LogP contribution in [0.15, 0.2) is 47.4 Å². The average Bonchev–Trinajstić information content (AvgIpc) is 2.75. The molecule has 0 amide bonds. The second-order valence-electron chi connectivity index (χ2n) is 6.51. The molecular weight excluding hydrogens is 400 g/mol. The smallest absolute Gasteiger partial charge is 0.185 e. The first kappa shape index (κ1) is 23.5. The van der Waals surface area contributed by atoms with E-state index in [2.05, 4.69) is 0 Å². The monoisotopic (exact) mass is 428 g/mol. The van der Waals surface area contributed by atoms with Crippen molar-refractivity contribution in [2.24, 2.45) is 0 Å². The predicted molar refractivity (Wildman–Crippen MR) is 121 cm³/mol. The van der Waals surface area contributed by atoms with Crippen LogP contribution in [0.4, 0.5) is 0 Å². The van der Waals surface area contributed by atoms with Gasteiger partial charge in [0, 0.05) is 16.0 Å². The van der Waals surface area contributed by atoms with Gasteiger partial charge in [-0.3, -0.25) is 9.59 Å². The molecule has 0 unspecified atom stereocenters. The second kappa shape index (κ2) is 12.1. The Morgan fingerprint density at radius 3 is 2.53 bits per heavy atom. The van der Waals surface area contributed by atoms with E-state index in [0.717, 1.165) is 16.9 Å². The van der Waals surface area contributed by atoms with E-state index in [1.165, 1.54) is 17.8 Å². The van der Waals surface area contributed by atoms with E-state index in [1.807, 2.05) is 32.0 Å². The lowest BCUT2D eigenvalue weighted by Gasteiger charge is -2.14. The Labute approximate surface area is 182 Å². The SMILES string of the molecule is CCCOc1c(/C=C/C(=O)c2ccc(SCC(C)=O)c(OC)c2)cccc1OCC. The number of rotatable bonds is 12. The highest BCUT2D eigenvalue weighted by Gasteiger charge is 2.12. The van der Waals surface area contributed by atoms with Gasteiger partial charge in [-0.1, -0.05) is 19.1 Å². The van der Waals surface area contributed by atoms with E-state index >= 15 is 0 Å². The second-order valence-corrected chi connectivity index (χ2v) is 7.53. The zero-order valence-electron chi connectivity index (χ0n) is 17.9. The molecule has 0 saturated carbocycles. The number of carbonyl (C=O) groups is 2. The number of benzene rings is 2. The van der Waals surface area contributed by atoms with Crippen molar-refractivity contribution in [3.8, 4) is 17.2 Å². The molecule has 2 aromatic carbocycles. The number of ketones is 2. The summed E-state index contributed by atoms with van der Waals surface area (Å²) in [4.78, 5) is 24.8. The van der Waals surface area contributed by atoms with Gasteiger partial charge < -0.3 is 14.2 Å². The van der Waals surface area contributed by atoms with Gasteiger partial charge in [0.1, 0.15) is 11.5 Å². The van der Waals surface area contributed by atoms with E-state index in [1.54, 1.807) is 38.3 Å². The Morgan fingerprint density at radius 1 is 1.07 bits per heavy atom. The van der Waals surface area contributed by atoms with Crippen molar-refractivity contribution in [3.63, 3.8) is 0 Å². The summed E-state index contributed by atoms with van der Waals surface area (Å²) in [5.41, 5.74) is 1.29. The van der Waals surface area contributed by atoms with Crippen LogP contribution in [0.25, 0.3) is 6.08 Å². The van der Waals surface area contributed by atoms with Gasteiger partial charge in [0.2, 0.25) is 0 Å². The maximum absolute atomic E-state index is 12.7. The maximum atomic E-state index is 12.7. The van der Waals surface area contributed by atoms with Crippen molar-refractivity contribution in [1.29, 1.82) is 0 Å². The van der Waals surface area contributed by atoms with Crippen molar-refractivity contribution in [1.82, 2.24) is 0 Å². The van der Waals surface area contributed by atoms with Crippen LogP contribution < -0.4 is 14.2 Å². The van der Waals surface area contributed by atoms with Gasteiger partial charge in [0.05, 0.1) is 26.1 Å². The number of hydrogen-bond acceptors (Lipinski definition) is 6. The van der Waals surface area contributed by atoms with Crippen LogP contribution in [0.5, 0.6) is 17.2 Å². The zero-order valence-corrected chi connectivity index (χ0v) is 18.7. The van der Waals surface area contributed by atoms with E-state index in [0.29, 0.717) is 41.8 Å². The molecule has 30 heavy (non-hydrogen) atoms. The molecule has 0 atom stereocenters. The summed E-state index contributed by atoms with van der Waals surface area (Å²) in [6, 6.07) is 10.9. The number of hydrogen-bond donors (Lipinski definition) is 0. The van der Waals surface area contributed by atoms with Crippen LogP contribution in [-0.4, -0.2) is 37.6 Å². The average molecular weight is 429 g/mol. The summed E-state index contributed by atoms with van der Waals surface area (Å²) >= 11 is 1.39. The number of para-hydroxylation sites is 1. The summed E-state index contributed by atoms with van der Waals surface area (Å²) in [6.07, 6.45) is 4.12. The minimum atomic E-state index is -0.153. The third-order valence-electron chi connectivity index (χ3n) is 4.05. The van der Waals surface area contributed by atoms with Crippen molar-refractivity contribution >= 4 is 29.4 Å². The largest absolute Gasteiger partial charge is 0.496 e. The van der Waals surface area contributed by atoms with E-state index < -0.39 is 0 Å². The quantitative estimate of drug-likeness (QED) is 0.254. The van der Waals surface area contributed by atoms with E-state index in [9.17, 15) is 9.59 Å². The van der Waals surface area contributed by atoms with Gasteiger partial charge in [0.15, 0.2) is 17.3 Å². The van der Waals surface area contributed by atoms with Crippen molar-refractivity contribution in [3.05, 3.63) is 53.6 Å². The first-order valence-electron chi connectivity index (χ1n) is 9.91. The first-order chi connectivity index (χ1) is 14.5. The highest BCUT2D eigenvalue weighted by Crippen LogP contribution is 2.33. The highest BCUT2D eigenvalue weighted by molar-refractivity contribution is 8.00. The van der Waals surface area contributed by atoms with Crippen molar-refractivity contribution in [2.45, 2.75) is 32.1 Å². The molecule has 2 rings (SSSR count). The standard InChI is InChI=1S/C24H28O5S/c1-5-14-29-24-18(8-7-9-21(24)28-6-2)10-12-20(26)19-11-13-23(22(15-19)27-4)30-16-17(3)25/h7-13,15H,5-6,14,16H2,1-4H3/b12-10+. The Bertz CT molecular complexity index is 904. The molecule has 0 aromatic heterocycles. The molecule has 5 nitrogen and oxygen atoms in total. The van der Waals surface area contributed by atoms with Crippen LogP contribution in [-0.2, 0) is 4.79 Å². The number of Topliss-reactive ketones (excluding diaryl/α,β-unsaturated/α-hetero) is 1. The molecule has 160 valence electrons. The highest BCUT2D eigenvalue weighted by atomic mass is 32.2. The predicted octanol–water partition coefficient (Wildman–Crippen LogP) is 5.46. The zero-order chi connectivity index (χ0) is 21.9. The summed E-state index contributed by atoms with van der Waals surface area (Å²) in [6.45, 7) is 6.59. The Balaban J connectivity index is 2.24. The summed E-state index contributed by atoms with van der Waals surface area (Å²) in [5.74, 6) is 2.17. The van der Waals surface area contributed by atoms with Gasteiger partial charge in [-0.25, -0.2) is 0 Å².